The summed E-state index contributed by atoms with van der Waals surface area (Å²) in [6, 6.07) is 0. The van der Waals surface area contributed by atoms with Gasteiger partial charge in [-0.1, -0.05) is 19.9 Å². The highest BCUT2D eigenvalue weighted by atomic mass is 16.5. The lowest BCUT2D eigenvalue weighted by molar-refractivity contribution is -0.134. The lowest BCUT2D eigenvalue weighted by Gasteiger charge is -2.25. The first-order valence-corrected chi connectivity index (χ1v) is 6.33. The van der Waals surface area contributed by atoms with Crippen LogP contribution < -0.4 is 0 Å². The van der Waals surface area contributed by atoms with Crippen molar-refractivity contribution in [2.45, 2.75) is 39.7 Å². The fourth-order valence-corrected chi connectivity index (χ4v) is 1.20. The van der Waals surface area contributed by atoms with Crippen molar-refractivity contribution < 1.29 is 19.0 Å². The van der Waals surface area contributed by atoms with Gasteiger partial charge in [0.15, 0.2) is 0 Å². The molecule has 0 fully saturated rings. The number of rotatable bonds is 9. The molecule has 0 aromatic rings. The van der Waals surface area contributed by atoms with Crippen LogP contribution in [-0.4, -0.2) is 38.5 Å². The van der Waals surface area contributed by atoms with Gasteiger partial charge in [-0.2, -0.15) is 0 Å². The van der Waals surface area contributed by atoms with Gasteiger partial charge in [0.2, 0.25) is 0 Å². The molecule has 0 atom stereocenters. The van der Waals surface area contributed by atoms with E-state index in [0.717, 1.165) is 13.0 Å². The van der Waals surface area contributed by atoms with Crippen molar-refractivity contribution in [1.29, 1.82) is 0 Å². The average Bonchev–Trinajstić information content (AvgIpc) is 2.27. The molecule has 0 saturated carbocycles. The molecule has 0 bridgehead atoms. The van der Waals surface area contributed by atoms with Crippen molar-refractivity contribution >= 4 is 5.97 Å². The first-order chi connectivity index (χ1) is 8.37. The molecule has 0 aliphatic rings. The van der Waals surface area contributed by atoms with E-state index in [2.05, 4.69) is 18.6 Å². The molecular formula is C14H26O4. The van der Waals surface area contributed by atoms with E-state index >= 15 is 0 Å². The van der Waals surface area contributed by atoms with Gasteiger partial charge in [-0.25, -0.2) is 4.79 Å². The summed E-state index contributed by atoms with van der Waals surface area (Å²) in [6.45, 7) is 9.96. The molecule has 106 valence electrons. The molecule has 0 aromatic heterocycles. The highest BCUT2D eigenvalue weighted by Crippen LogP contribution is 2.11. The lowest BCUT2D eigenvalue weighted by atomic mass is 10.1. The molecule has 0 amide bonds. The standard InChI is InChI=1S/C14H26O4/c1-12(2)8-10-18-14(3,4)11-17-9-6-7-13(15)16-5/h6-7,12H,8-11H2,1-5H3/b7-6+. The maximum atomic E-state index is 10.8. The summed E-state index contributed by atoms with van der Waals surface area (Å²) in [4.78, 5) is 10.8. The monoisotopic (exact) mass is 258 g/mol. The summed E-state index contributed by atoms with van der Waals surface area (Å²) in [7, 11) is 1.35. The minimum Gasteiger partial charge on any atom is -0.466 e. The molecule has 18 heavy (non-hydrogen) atoms. The summed E-state index contributed by atoms with van der Waals surface area (Å²) in [6.07, 6.45) is 4.04. The number of hydrogen-bond acceptors (Lipinski definition) is 4. The Bertz CT molecular complexity index is 257. The minimum absolute atomic E-state index is 0.298. The largest absolute Gasteiger partial charge is 0.466 e. The minimum atomic E-state index is -0.369. The Morgan fingerprint density at radius 2 is 2.00 bits per heavy atom. The molecular weight excluding hydrogens is 232 g/mol. The molecule has 0 heterocycles. The maximum absolute atomic E-state index is 10.8. The number of methoxy groups -OCH3 is 1. The molecule has 4 nitrogen and oxygen atoms in total. The fraction of sp³-hybridized carbons (Fsp3) is 0.786. The Morgan fingerprint density at radius 3 is 2.56 bits per heavy atom. The van der Waals surface area contributed by atoms with Crippen molar-refractivity contribution in [3.05, 3.63) is 12.2 Å². The molecule has 0 spiro atoms. The topological polar surface area (TPSA) is 44.8 Å². The third kappa shape index (κ3) is 10.3. The number of hydrogen-bond donors (Lipinski definition) is 0. The third-order valence-corrected chi connectivity index (χ3v) is 2.31. The van der Waals surface area contributed by atoms with Crippen LogP contribution in [0.1, 0.15) is 34.1 Å². The quantitative estimate of drug-likeness (QED) is 0.362. The second-order valence-electron chi connectivity index (χ2n) is 5.23. The second kappa shape index (κ2) is 9.11. The second-order valence-corrected chi connectivity index (χ2v) is 5.23. The fourth-order valence-electron chi connectivity index (χ4n) is 1.20. The Balaban J connectivity index is 3.69. The molecule has 0 unspecified atom stereocenters. The Kier molecular flexibility index (Phi) is 8.67. The van der Waals surface area contributed by atoms with Crippen LogP contribution in [0, 0.1) is 5.92 Å². The van der Waals surface area contributed by atoms with Gasteiger partial charge in [0, 0.05) is 12.7 Å². The molecule has 0 N–H and O–H groups in total. The van der Waals surface area contributed by atoms with E-state index < -0.39 is 0 Å². The van der Waals surface area contributed by atoms with Crippen molar-refractivity contribution in [1.82, 2.24) is 0 Å². The van der Waals surface area contributed by atoms with Gasteiger partial charge in [0.05, 0.1) is 25.9 Å². The van der Waals surface area contributed by atoms with Gasteiger partial charge in [-0.3, -0.25) is 0 Å². The number of carbonyl (C=O) groups is 1. The molecule has 0 radical (unpaired) electrons. The predicted molar refractivity (Wildman–Crippen MR) is 71.5 cm³/mol. The highest BCUT2D eigenvalue weighted by Gasteiger charge is 2.18. The van der Waals surface area contributed by atoms with Crippen LogP contribution >= 0.6 is 0 Å². The summed E-state index contributed by atoms with van der Waals surface area (Å²) < 4.78 is 15.6. The average molecular weight is 258 g/mol. The highest BCUT2D eigenvalue weighted by molar-refractivity contribution is 5.81. The molecule has 4 heteroatoms. The van der Waals surface area contributed by atoms with Crippen LogP contribution in [0.15, 0.2) is 12.2 Å². The Hall–Kier alpha value is -0.870. The lowest BCUT2D eigenvalue weighted by Crippen LogP contribution is -2.31. The first kappa shape index (κ1) is 17.1. The van der Waals surface area contributed by atoms with Crippen molar-refractivity contribution in [2.24, 2.45) is 5.92 Å². The summed E-state index contributed by atoms with van der Waals surface area (Å²) in [5.41, 5.74) is -0.298. The van der Waals surface area contributed by atoms with E-state index in [0.29, 0.717) is 19.1 Å². The Morgan fingerprint density at radius 1 is 1.33 bits per heavy atom. The number of carbonyl (C=O) groups excluding carboxylic acids is 1. The van der Waals surface area contributed by atoms with E-state index in [4.69, 9.17) is 9.47 Å². The van der Waals surface area contributed by atoms with E-state index in [9.17, 15) is 4.79 Å². The first-order valence-electron chi connectivity index (χ1n) is 6.33. The van der Waals surface area contributed by atoms with Crippen LogP contribution in [0.2, 0.25) is 0 Å². The van der Waals surface area contributed by atoms with Gasteiger partial charge < -0.3 is 14.2 Å². The van der Waals surface area contributed by atoms with E-state index in [1.807, 2.05) is 13.8 Å². The van der Waals surface area contributed by atoms with Gasteiger partial charge in [-0.15, -0.1) is 0 Å². The SMILES string of the molecule is COC(=O)/C=C/COCC(C)(C)OCCC(C)C. The van der Waals surface area contributed by atoms with Crippen molar-refractivity contribution in [3.63, 3.8) is 0 Å². The molecule has 0 aliphatic heterocycles. The summed E-state index contributed by atoms with van der Waals surface area (Å²) >= 11 is 0. The maximum Gasteiger partial charge on any atom is 0.330 e. The third-order valence-electron chi connectivity index (χ3n) is 2.31. The van der Waals surface area contributed by atoms with E-state index in [-0.39, 0.29) is 11.6 Å². The van der Waals surface area contributed by atoms with Crippen LogP contribution in [0.4, 0.5) is 0 Å². The zero-order valence-electron chi connectivity index (χ0n) is 12.2. The molecule has 0 saturated heterocycles. The molecule has 0 rings (SSSR count). The van der Waals surface area contributed by atoms with Gasteiger partial charge in [0.25, 0.3) is 0 Å². The normalized spacial score (nSPS) is 12.3. The molecule has 0 aromatic carbocycles. The van der Waals surface area contributed by atoms with Gasteiger partial charge >= 0.3 is 5.97 Å². The smallest absolute Gasteiger partial charge is 0.330 e. The van der Waals surface area contributed by atoms with Crippen LogP contribution in [0.3, 0.4) is 0 Å². The van der Waals surface area contributed by atoms with Crippen LogP contribution in [0.5, 0.6) is 0 Å². The number of ether oxygens (including phenoxy) is 3. The van der Waals surface area contributed by atoms with E-state index in [1.165, 1.54) is 13.2 Å². The number of esters is 1. The summed E-state index contributed by atoms with van der Waals surface area (Å²) in [5.74, 6) is 0.274. The van der Waals surface area contributed by atoms with Gasteiger partial charge in [0.1, 0.15) is 0 Å². The van der Waals surface area contributed by atoms with Crippen LogP contribution in [-0.2, 0) is 19.0 Å². The van der Waals surface area contributed by atoms with Crippen molar-refractivity contribution in [2.75, 3.05) is 26.9 Å². The zero-order valence-corrected chi connectivity index (χ0v) is 12.2. The zero-order chi connectivity index (χ0) is 14.0. The molecule has 0 aliphatic carbocycles. The van der Waals surface area contributed by atoms with Crippen molar-refractivity contribution in [3.8, 4) is 0 Å². The van der Waals surface area contributed by atoms with E-state index in [1.54, 1.807) is 6.08 Å². The van der Waals surface area contributed by atoms with Gasteiger partial charge in [-0.05, 0) is 26.2 Å². The summed E-state index contributed by atoms with van der Waals surface area (Å²) in [5, 5.41) is 0. The Labute approximate surface area is 110 Å². The van der Waals surface area contributed by atoms with Crippen LogP contribution in [0.25, 0.3) is 0 Å². The predicted octanol–water partition coefficient (Wildman–Crippen LogP) is 2.57.